The molecule has 7 nitrogen and oxygen atoms in total. The van der Waals surface area contributed by atoms with Gasteiger partial charge in [-0.2, -0.15) is 0 Å². The van der Waals surface area contributed by atoms with E-state index >= 15 is 0 Å². The predicted molar refractivity (Wildman–Crippen MR) is 132 cm³/mol. The highest BCUT2D eigenvalue weighted by Gasteiger charge is 2.31. The van der Waals surface area contributed by atoms with Gasteiger partial charge in [-0.05, 0) is 49.9 Å². The molecule has 0 spiro atoms. The predicted octanol–water partition coefficient (Wildman–Crippen LogP) is 4.74. The van der Waals surface area contributed by atoms with E-state index in [0.29, 0.717) is 51.6 Å². The van der Waals surface area contributed by atoms with Gasteiger partial charge >= 0.3 is 5.97 Å². The maximum atomic E-state index is 13.4. The zero-order chi connectivity index (χ0) is 25.5. The molecule has 190 valence electrons. The third-order valence-electron chi connectivity index (χ3n) is 6.27. The maximum absolute atomic E-state index is 13.4. The monoisotopic (exact) mass is 493 g/mol. The molecule has 0 bridgehead atoms. The summed E-state index contributed by atoms with van der Waals surface area (Å²) < 4.78 is 24.2. The van der Waals surface area contributed by atoms with Crippen LogP contribution in [0.25, 0.3) is 0 Å². The van der Waals surface area contributed by atoms with Gasteiger partial charge in [0.1, 0.15) is 12.1 Å². The number of likely N-dealkylation sites (tertiary alicyclic amines) is 1. The molecule has 0 saturated carbocycles. The Morgan fingerprint density at radius 3 is 2.67 bits per heavy atom. The maximum Gasteiger partial charge on any atom is 0.310 e. The number of oxazole rings is 1. The smallest absolute Gasteiger partial charge is 0.310 e. The lowest BCUT2D eigenvalue weighted by molar-refractivity contribution is -0.149. The van der Waals surface area contributed by atoms with E-state index in [1.807, 2.05) is 19.1 Å². The van der Waals surface area contributed by atoms with E-state index in [-0.39, 0.29) is 29.3 Å². The molecule has 0 N–H and O–H groups in total. The number of hydrogen-bond donors (Lipinski definition) is 0. The molecule has 1 aliphatic rings. The molecule has 8 heteroatoms. The summed E-state index contributed by atoms with van der Waals surface area (Å²) in [5.74, 6) is -0.671. The van der Waals surface area contributed by atoms with Gasteiger partial charge in [0.15, 0.2) is 5.69 Å². The fourth-order valence-corrected chi connectivity index (χ4v) is 4.53. The van der Waals surface area contributed by atoms with Crippen molar-refractivity contribution < 1.29 is 23.1 Å². The molecule has 2 heterocycles. The molecule has 0 aliphatic carbocycles. The second-order valence-corrected chi connectivity index (χ2v) is 9.23. The van der Waals surface area contributed by atoms with Gasteiger partial charge in [0.05, 0.1) is 19.1 Å². The lowest BCUT2D eigenvalue weighted by atomic mass is 9.98. The molecule has 0 radical (unpaired) electrons. The van der Waals surface area contributed by atoms with Crippen LogP contribution in [0.15, 0.2) is 59.2 Å². The minimum atomic E-state index is -0.311. The number of carbonyl (C=O) groups excluding carboxylic acids is 2. The summed E-state index contributed by atoms with van der Waals surface area (Å²) >= 11 is 0. The first-order valence-electron chi connectivity index (χ1n) is 12.3. The Morgan fingerprint density at radius 1 is 1.14 bits per heavy atom. The Kier molecular flexibility index (Phi) is 8.48. The van der Waals surface area contributed by atoms with Crippen LogP contribution < -0.4 is 0 Å². The van der Waals surface area contributed by atoms with Crippen molar-refractivity contribution in [3.63, 3.8) is 0 Å². The zero-order valence-electron chi connectivity index (χ0n) is 20.8. The molecule has 1 amide bonds. The van der Waals surface area contributed by atoms with Gasteiger partial charge in [0.25, 0.3) is 5.91 Å². The number of nitrogens with zero attached hydrogens (tertiary/aromatic N) is 3. The summed E-state index contributed by atoms with van der Waals surface area (Å²) in [4.78, 5) is 33.5. The molecule has 1 aromatic heterocycles. The van der Waals surface area contributed by atoms with Crippen LogP contribution in [0.1, 0.15) is 52.8 Å². The molecule has 1 unspecified atom stereocenters. The van der Waals surface area contributed by atoms with Gasteiger partial charge < -0.3 is 14.1 Å². The molecule has 1 fully saturated rings. The highest BCUT2D eigenvalue weighted by Crippen LogP contribution is 2.21. The Hall–Kier alpha value is -3.52. The van der Waals surface area contributed by atoms with E-state index in [2.05, 4.69) is 22.0 Å². The number of hydrogen-bond acceptors (Lipinski definition) is 6. The van der Waals surface area contributed by atoms with E-state index in [0.717, 1.165) is 17.5 Å². The lowest BCUT2D eigenvalue weighted by Crippen LogP contribution is -2.43. The van der Waals surface area contributed by atoms with Crippen molar-refractivity contribution >= 4 is 11.9 Å². The first-order chi connectivity index (χ1) is 17.4. The Morgan fingerprint density at radius 2 is 1.92 bits per heavy atom. The van der Waals surface area contributed by atoms with Crippen LogP contribution in [-0.2, 0) is 29.2 Å². The zero-order valence-corrected chi connectivity index (χ0v) is 20.8. The Labute approximate surface area is 210 Å². The van der Waals surface area contributed by atoms with Crippen LogP contribution in [-0.4, -0.2) is 46.4 Å². The van der Waals surface area contributed by atoms with E-state index in [1.54, 1.807) is 24.0 Å². The second kappa shape index (κ2) is 11.9. The van der Waals surface area contributed by atoms with Crippen molar-refractivity contribution in [1.29, 1.82) is 0 Å². The van der Waals surface area contributed by atoms with Crippen molar-refractivity contribution in [2.24, 2.45) is 5.92 Å². The standard InChI is InChI=1S/C28H32FN3O4/c1-3-35-28(34)23-8-5-13-32(17-23)27(33)25-19-36-26(30-25)18-31(15-21-9-11-24(29)12-10-21)16-22-7-4-6-20(2)14-22/h4,6-7,9-12,14,19,23H,3,5,8,13,15-18H2,1-2H3. The van der Waals surface area contributed by atoms with E-state index < -0.39 is 0 Å². The average molecular weight is 494 g/mol. The minimum Gasteiger partial charge on any atom is -0.466 e. The summed E-state index contributed by atoms with van der Waals surface area (Å²) in [5, 5.41) is 0. The third kappa shape index (κ3) is 6.79. The number of aromatic nitrogens is 1. The Bertz CT molecular complexity index is 1180. The average Bonchev–Trinajstić information content (AvgIpc) is 3.33. The van der Waals surface area contributed by atoms with Gasteiger partial charge in [0, 0.05) is 26.2 Å². The van der Waals surface area contributed by atoms with Crippen molar-refractivity contribution in [2.45, 2.75) is 46.3 Å². The third-order valence-corrected chi connectivity index (χ3v) is 6.27. The van der Waals surface area contributed by atoms with Crippen molar-refractivity contribution in [2.75, 3.05) is 19.7 Å². The number of esters is 1. The molecule has 1 saturated heterocycles. The van der Waals surface area contributed by atoms with E-state index in [9.17, 15) is 14.0 Å². The summed E-state index contributed by atoms with van der Waals surface area (Å²) in [6.07, 6.45) is 2.83. The van der Waals surface area contributed by atoms with Gasteiger partial charge in [0.2, 0.25) is 5.89 Å². The second-order valence-electron chi connectivity index (χ2n) is 9.23. The number of rotatable bonds is 9. The van der Waals surface area contributed by atoms with E-state index in [4.69, 9.17) is 9.15 Å². The molecule has 1 aliphatic heterocycles. The summed E-state index contributed by atoms with van der Waals surface area (Å²) in [5.41, 5.74) is 3.50. The van der Waals surface area contributed by atoms with Crippen molar-refractivity contribution in [3.8, 4) is 0 Å². The number of amides is 1. The fourth-order valence-electron chi connectivity index (χ4n) is 4.53. The number of piperidine rings is 1. The minimum absolute atomic E-state index is 0.229. The summed E-state index contributed by atoms with van der Waals surface area (Å²) in [7, 11) is 0. The largest absolute Gasteiger partial charge is 0.466 e. The number of ether oxygens (including phenoxy) is 1. The van der Waals surface area contributed by atoms with Gasteiger partial charge in [-0.3, -0.25) is 14.5 Å². The van der Waals surface area contributed by atoms with Crippen LogP contribution in [0.3, 0.4) is 0 Å². The van der Waals surface area contributed by atoms with E-state index in [1.165, 1.54) is 24.0 Å². The molecule has 4 rings (SSSR count). The van der Waals surface area contributed by atoms with Crippen LogP contribution in [0, 0.1) is 18.7 Å². The van der Waals surface area contributed by atoms with Crippen LogP contribution in [0.4, 0.5) is 4.39 Å². The molecular formula is C28H32FN3O4. The summed E-state index contributed by atoms with van der Waals surface area (Å²) in [6.45, 7) is 6.62. The van der Waals surface area contributed by atoms with Crippen LogP contribution >= 0.6 is 0 Å². The van der Waals surface area contributed by atoms with Crippen molar-refractivity contribution in [3.05, 3.63) is 88.9 Å². The fraction of sp³-hybridized carbons (Fsp3) is 0.393. The SMILES string of the molecule is CCOC(=O)C1CCCN(C(=O)c2coc(CN(Cc3ccc(F)cc3)Cc3cccc(C)c3)n2)C1. The van der Waals surface area contributed by atoms with Gasteiger partial charge in [-0.1, -0.05) is 42.0 Å². The quantitative estimate of drug-likeness (QED) is 0.401. The number of aryl methyl sites for hydroxylation is 1. The first-order valence-corrected chi connectivity index (χ1v) is 12.3. The topological polar surface area (TPSA) is 75.9 Å². The number of halogens is 1. The molecule has 36 heavy (non-hydrogen) atoms. The van der Waals surface area contributed by atoms with Gasteiger partial charge in [-0.25, -0.2) is 9.37 Å². The van der Waals surface area contributed by atoms with Crippen LogP contribution in [0.2, 0.25) is 0 Å². The first kappa shape index (κ1) is 25.6. The molecular weight excluding hydrogens is 461 g/mol. The summed E-state index contributed by atoms with van der Waals surface area (Å²) in [6, 6.07) is 14.7. The van der Waals surface area contributed by atoms with Gasteiger partial charge in [-0.15, -0.1) is 0 Å². The van der Waals surface area contributed by atoms with Crippen LogP contribution in [0.5, 0.6) is 0 Å². The number of benzene rings is 2. The van der Waals surface area contributed by atoms with Crippen molar-refractivity contribution in [1.82, 2.24) is 14.8 Å². The number of carbonyl (C=O) groups is 2. The molecule has 1 atom stereocenters. The molecule has 3 aromatic rings. The molecule has 2 aromatic carbocycles. The lowest BCUT2D eigenvalue weighted by Gasteiger charge is -2.30. The normalized spacial score (nSPS) is 15.8. The highest BCUT2D eigenvalue weighted by molar-refractivity contribution is 5.92. The highest BCUT2D eigenvalue weighted by atomic mass is 19.1. The Balaban J connectivity index is 1.45.